The topological polar surface area (TPSA) is 83.6 Å². The number of aryl methyl sites for hydroxylation is 2. The van der Waals surface area contributed by atoms with Crippen LogP contribution in [-0.2, 0) is 15.4 Å². The summed E-state index contributed by atoms with van der Waals surface area (Å²) < 4.78 is 26.5. The molecule has 7 nitrogen and oxygen atoms in total. The van der Waals surface area contributed by atoms with Gasteiger partial charge < -0.3 is 4.74 Å². The van der Waals surface area contributed by atoms with Crippen molar-refractivity contribution >= 4 is 11.3 Å². The SMILES string of the molecule is COS(=O)n1c(Oc2ccc(C)c(C)c2)noc1=O. The van der Waals surface area contributed by atoms with Gasteiger partial charge in [0.1, 0.15) is 5.75 Å². The molecule has 8 heteroatoms. The Bertz CT molecular complexity index is 676. The summed E-state index contributed by atoms with van der Waals surface area (Å²) in [4.78, 5) is 11.3. The Hall–Kier alpha value is -1.93. The molecule has 0 aliphatic heterocycles. The van der Waals surface area contributed by atoms with E-state index in [1.807, 2.05) is 19.9 Å². The van der Waals surface area contributed by atoms with Crippen molar-refractivity contribution in [2.75, 3.05) is 7.11 Å². The molecule has 0 N–H and O–H groups in total. The second-order valence-electron chi connectivity index (χ2n) is 3.76. The van der Waals surface area contributed by atoms with E-state index < -0.39 is 17.0 Å². The molecule has 2 aromatic rings. The van der Waals surface area contributed by atoms with Gasteiger partial charge in [-0.05, 0) is 42.3 Å². The van der Waals surface area contributed by atoms with Gasteiger partial charge >= 0.3 is 11.8 Å². The van der Waals surface area contributed by atoms with Gasteiger partial charge in [0.05, 0.1) is 7.11 Å². The van der Waals surface area contributed by atoms with Crippen LogP contribution in [0.15, 0.2) is 27.5 Å². The summed E-state index contributed by atoms with van der Waals surface area (Å²) in [5.41, 5.74) is 2.12. The zero-order valence-corrected chi connectivity index (χ0v) is 11.4. The Morgan fingerprint density at radius 1 is 1.32 bits per heavy atom. The second kappa shape index (κ2) is 5.37. The number of hydrogen-bond donors (Lipinski definition) is 0. The quantitative estimate of drug-likeness (QED) is 0.842. The molecule has 0 saturated carbocycles. The second-order valence-corrected chi connectivity index (χ2v) is 4.89. The van der Waals surface area contributed by atoms with Gasteiger partial charge in [-0.1, -0.05) is 6.07 Å². The predicted octanol–water partition coefficient (Wildman–Crippen LogP) is 1.32. The lowest BCUT2D eigenvalue weighted by Gasteiger charge is -2.06. The first-order valence-corrected chi connectivity index (χ1v) is 6.36. The minimum atomic E-state index is -2.04. The summed E-state index contributed by atoms with van der Waals surface area (Å²) in [5, 5.41) is 3.41. The van der Waals surface area contributed by atoms with Crippen molar-refractivity contribution < 1.29 is 17.7 Å². The standard InChI is InChI=1S/C11H12N2O5S/c1-7-4-5-9(6-8(7)2)17-10-12-18-11(14)13(10)19(15)16-3/h4-6H,1-3H3. The lowest BCUT2D eigenvalue weighted by atomic mass is 10.1. The van der Waals surface area contributed by atoms with E-state index in [9.17, 15) is 9.00 Å². The number of ether oxygens (including phenoxy) is 1. The Labute approximate surface area is 111 Å². The lowest BCUT2D eigenvalue weighted by molar-refractivity contribution is 0.351. The molecular weight excluding hydrogens is 272 g/mol. The third kappa shape index (κ3) is 2.74. The molecule has 0 saturated heterocycles. The van der Waals surface area contributed by atoms with Gasteiger partial charge in [0.2, 0.25) is 0 Å². The molecule has 0 bridgehead atoms. The molecule has 1 unspecified atom stereocenters. The molecule has 0 spiro atoms. The highest BCUT2D eigenvalue weighted by atomic mass is 32.2. The van der Waals surface area contributed by atoms with E-state index in [0.29, 0.717) is 9.72 Å². The van der Waals surface area contributed by atoms with E-state index >= 15 is 0 Å². The van der Waals surface area contributed by atoms with Gasteiger partial charge in [-0.15, -0.1) is 3.97 Å². The van der Waals surface area contributed by atoms with Crippen LogP contribution in [0.2, 0.25) is 0 Å². The molecule has 1 atom stereocenters. The Morgan fingerprint density at radius 3 is 2.68 bits per heavy atom. The van der Waals surface area contributed by atoms with Gasteiger partial charge in [0, 0.05) is 0 Å². The van der Waals surface area contributed by atoms with Crippen molar-refractivity contribution in [1.29, 1.82) is 0 Å². The maximum absolute atomic E-state index is 11.5. The van der Waals surface area contributed by atoms with Gasteiger partial charge in [0.15, 0.2) is 0 Å². The average molecular weight is 284 g/mol. The maximum Gasteiger partial charge on any atom is 0.458 e. The third-order valence-electron chi connectivity index (χ3n) is 2.52. The van der Waals surface area contributed by atoms with E-state index in [-0.39, 0.29) is 6.01 Å². The first kappa shape index (κ1) is 13.5. The van der Waals surface area contributed by atoms with E-state index in [0.717, 1.165) is 11.1 Å². The number of rotatable bonds is 4. The van der Waals surface area contributed by atoms with Crippen molar-refractivity contribution in [2.45, 2.75) is 13.8 Å². The molecule has 0 radical (unpaired) electrons. The number of nitrogens with zero attached hydrogens (tertiary/aromatic N) is 2. The fraction of sp³-hybridized carbons (Fsp3) is 0.273. The third-order valence-corrected chi connectivity index (χ3v) is 3.41. The lowest BCUT2D eigenvalue weighted by Crippen LogP contribution is -2.19. The summed E-state index contributed by atoms with van der Waals surface area (Å²) >= 11 is -2.04. The fourth-order valence-electron chi connectivity index (χ4n) is 1.37. The summed E-state index contributed by atoms with van der Waals surface area (Å²) in [7, 11) is 1.19. The first-order chi connectivity index (χ1) is 9.02. The zero-order chi connectivity index (χ0) is 14.0. The molecule has 102 valence electrons. The zero-order valence-electron chi connectivity index (χ0n) is 10.6. The highest BCUT2D eigenvalue weighted by Crippen LogP contribution is 2.21. The van der Waals surface area contributed by atoms with Crippen LogP contribution in [0, 0.1) is 13.8 Å². The molecule has 1 heterocycles. The minimum Gasteiger partial charge on any atom is -0.423 e. The van der Waals surface area contributed by atoms with E-state index in [1.54, 1.807) is 12.1 Å². The molecule has 2 rings (SSSR count). The van der Waals surface area contributed by atoms with Gasteiger partial charge in [-0.2, -0.15) is 0 Å². The van der Waals surface area contributed by atoms with Crippen molar-refractivity contribution in [3.8, 4) is 11.8 Å². The molecule has 19 heavy (non-hydrogen) atoms. The Morgan fingerprint density at radius 2 is 2.05 bits per heavy atom. The van der Waals surface area contributed by atoms with Crippen molar-refractivity contribution in [3.05, 3.63) is 39.9 Å². The highest BCUT2D eigenvalue weighted by Gasteiger charge is 2.18. The van der Waals surface area contributed by atoms with Crippen molar-refractivity contribution in [1.82, 2.24) is 9.13 Å². The van der Waals surface area contributed by atoms with Crippen LogP contribution in [-0.4, -0.2) is 20.4 Å². The van der Waals surface area contributed by atoms with Crippen LogP contribution >= 0.6 is 0 Å². The van der Waals surface area contributed by atoms with Crippen LogP contribution in [0.1, 0.15) is 11.1 Å². The smallest absolute Gasteiger partial charge is 0.423 e. The summed E-state index contributed by atoms with van der Waals surface area (Å²) in [6.07, 6.45) is 0. The normalized spacial score (nSPS) is 12.4. The Balaban J connectivity index is 2.36. The van der Waals surface area contributed by atoms with Gasteiger partial charge in [0.25, 0.3) is 11.3 Å². The largest absolute Gasteiger partial charge is 0.458 e. The number of aromatic nitrogens is 2. The number of hydrogen-bond acceptors (Lipinski definition) is 6. The van der Waals surface area contributed by atoms with E-state index in [2.05, 4.69) is 13.9 Å². The fourth-order valence-corrected chi connectivity index (χ4v) is 1.87. The van der Waals surface area contributed by atoms with Crippen LogP contribution in [0.4, 0.5) is 0 Å². The molecule has 1 aromatic heterocycles. The van der Waals surface area contributed by atoms with Crippen LogP contribution in [0.25, 0.3) is 0 Å². The van der Waals surface area contributed by atoms with Crippen LogP contribution in [0.3, 0.4) is 0 Å². The maximum atomic E-state index is 11.5. The molecule has 0 fully saturated rings. The predicted molar refractivity (Wildman–Crippen MR) is 67.3 cm³/mol. The molecule has 1 aromatic carbocycles. The molecule has 0 amide bonds. The van der Waals surface area contributed by atoms with Crippen LogP contribution in [0.5, 0.6) is 11.8 Å². The molecular formula is C11H12N2O5S. The minimum absolute atomic E-state index is 0.228. The summed E-state index contributed by atoms with van der Waals surface area (Å²) in [5.74, 6) is -0.461. The van der Waals surface area contributed by atoms with Gasteiger partial charge in [-0.25, -0.2) is 9.00 Å². The highest BCUT2D eigenvalue weighted by molar-refractivity contribution is 7.78. The van der Waals surface area contributed by atoms with E-state index in [1.165, 1.54) is 7.11 Å². The molecule has 0 aliphatic carbocycles. The van der Waals surface area contributed by atoms with Crippen LogP contribution < -0.4 is 10.5 Å². The molecule has 0 aliphatic rings. The summed E-state index contributed by atoms with van der Waals surface area (Å²) in [6.45, 7) is 3.89. The van der Waals surface area contributed by atoms with E-state index in [4.69, 9.17) is 4.74 Å². The summed E-state index contributed by atoms with van der Waals surface area (Å²) in [6, 6.07) is 5.12. The first-order valence-electron chi connectivity index (χ1n) is 5.33. The number of benzene rings is 1. The van der Waals surface area contributed by atoms with Crippen molar-refractivity contribution in [3.63, 3.8) is 0 Å². The Kier molecular flexibility index (Phi) is 3.82. The van der Waals surface area contributed by atoms with Gasteiger partial charge in [-0.3, -0.25) is 8.71 Å². The van der Waals surface area contributed by atoms with Crippen molar-refractivity contribution in [2.24, 2.45) is 0 Å². The average Bonchev–Trinajstić information content (AvgIpc) is 2.74. The monoisotopic (exact) mass is 284 g/mol.